The highest BCUT2D eigenvalue weighted by molar-refractivity contribution is 8.02. The number of fused-ring (bicyclic) bond motifs is 1. The first-order valence-corrected chi connectivity index (χ1v) is 13.5. The Balaban J connectivity index is 2.03. The van der Waals surface area contributed by atoms with Gasteiger partial charge in [-0.15, -0.1) is 24.9 Å². The highest BCUT2D eigenvalue weighted by Gasteiger charge is 2.76. The molecular weight excluding hydrogens is 450 g/mol. The van der Waals surface area contributed by atoms with Gasteiger partial charge in [0.25, 0.3) is 0 Å². The van der Waals surface area contributed by atoms with Gasteiger partial charge in [0.05, 0.1) is 16.6 Å². The number of likely N-dealkylation sites (N-methyl/N-ethyl adjacent to an activating group) is 1. The predicted molar refractivity (Wildman–Crippen MR) is 136 cm³/mol. The molecule has 7 nitrogen and oxygen atoms in total. The van der Waals surface area contributed by atoms with Crippen LogP contribution in [0.5, 0.6) is 0 Å². The first-order chi connectivity index (χ1) is 16.3. The molecule has 3 rings (SSSR count). The van der Waals surface area contributed by atoms with Crippen LogP contribution in [0.1, 0.15) is 46.0 Å². The van der Waals surface area contributed by atoms with E-state index < -0.39 is 22.6 Å². The molecule has 190 valence electrons. The zero-order valence-corrected chi connectivity index (χ0v) is 21.8. The molecule has 8 heteroatoms. The van der Waals surface area contributed by atoms with E-state index in [0.29, 0.717) is 39.0 Å². The summed E-state index contributed by atoms with van der Waals surface area (Å²) in [6.45, 7) is 13.8. The van der Waals surface area contributed by atoms with Gasteiger partial charge in [-0.1, -0.05) is 32.4 Å². The fourth-order valence-electron chi connectivity index (χ4n) is 6.22. The Morgan fingerprint density at radius 1 is 1.21 bits per heavy atom. The number of likely N-dealkylation sites (tertiary alicyclic amines) is 1. The van der Waals surface area contributed by atoms with Crippen molar-refractivity contribution in [2.24, 2.45) is 17.8 Å². The van der Waals surface area contributed by atoms with Crippen LogP contribution in [0, 0.1) is 17.8 Å². The number of aliphatic hydroxyl groups excluding tert-OH is 1. The highest BCUT2D eigenvalue weighted by atomic mass is 32.2. The SMILES string of the molecule is C=CCN(C)C(=O)[C@@H]1[C@@H]2CC(C)C3(S2)C(C(=O)N(CC=C)CCCC)N(CCCCO)C(=O)[C@H]13. The molecule has 3 amide bonds. The normalized spacial score (nSPS) is 31.5. The van der Waals surface area contributed by atoms with Crippen LogP contribution in [0.25, 0.3) is 0 Å². The molecule has 3 saturated heterocycles. The van der Waals surface area contributed by atoms with E-state index in [4.69, 9.17) is 0 Å². The molecule has 0 aromatic carbocycles. The number of aliphatic hydroxyl groups is 1. The minimum Gasteiger partial charge on any atom is -0.396 e. The van der Waals surface area contributed by atoms with Crippen LogP contribution in [-0.2, 0) is 14.4 Å². The van der Waals surface area contributed by atoms with Crippen LogP contribution >= 0.6 is 11.8 Å². The van der Waals surface area contributed by atoms with E-state index in [-0.39, 0.29) is 35.5 Å². The zero-order chi connectivity index (χ0) is 25.0. The second-order valence-electron chi connectivity index (χ2n) is 9.95. The number of hydrogen-bond donors (Lipinski definition) is 1. The molecule has 0 saturated carbocycles. The number of nitrogens with zero attached hydrogens (tertiary/aromatic N) is 3. The summed E-state index contributed by atoms with van der Waals surface area (Å²) in [5, 5.41) is 9.36. The summed E-state index contributed by atoms with van der Waals surface area (Å²) in [7, 11) is 1.76. The molecule has 0 aromatic heterocycles. The summed E-state index contributed by atoms with van der Waals surface area (Å²) in [4.78, 5) is 46.8. The average Bonchev–Trinajstić information content (AvgIpc) is 3.40. The van der Waals surface area contributed by atoms with Crippen molar-refractivity contribution in [2.75, 3.05) is 39.8 Å². The Kier molecular flexibility index (Phi) is 8.90. The van der Waals surface area contributed by atoms with E-state index in [0.717, 1.165) is 19.3 Å². The van der Waals surface area contributed by atoms with Crippen molar-refractivity contribution in [3.63, 3.8) is 0 Å². The van der Waals surface area contributed by atoms with Gasteiger partial charge in [-0.25, -0.2) is 0 Å². The Morgan fingerprint density at radius 2 is 1.91 bits per heavy atom. The van der Waals surface area contributed by atoms with Crippen molar-refractivity contribution < 1.29 is 19.5 Å². The van der Waals surface area contributed by atoms with E-state index in [9.17, 15) is 19.5 Å². The van der Waals surface area contributed by atoms with E-state index in [1.54, 1.807) is 40.8 Å². The van der Waals surface area contributed by atoms with Crippen LogP contribution in [0.3, 0.4) is 0 Å². The second-order valence-corrected chi connectivity index (χ2v) is 11.5. The van der Waals surface area contributed by atoms with Crippen molar-refractivity contribution >= 4 is 29.5 Å². The molecule has 2 bridgehead atoms. The molecule has 3 unspecified atom stereocenters. The standard InChI is InChI=1S/C26H41N3O4S/c1-6-9-14-28(13-8-3)25(33)22-26-18(4)17-19(34-26)20(23(31)27(5)12-7-2)21(26)24(32)29(22)15-10-11-16-30/h7-8,18-22,30H,2-3,6,9-17H2,1,4-5H3/t18?,19-,20+,21-,22?,26?/m0/s1. The number of carbonyl (C=O) groups is 3. The molecule has 3 heterocycles. The Labute approximate surface area is 208 Å². The molecule has 3 aliphatic rings. The van der Waals surface area contributed by atoms with Crippen LogP contribution in [0.15, 0.2) is 25.3 Å². The molecule has 1 N–H and O–H groups in total. The first-order valence-electron chi connectivity index (χ1n) is 12.6. The monoisotopic (exact) mass is 491 g/mol. The number of amides is 3. The molecule has 3 aliphatic heterocycles. The molecule has 6 atom stereocenters. The maximum atomic E-state index is 14.1. The quantitative estimate of drug-likeness (QED) is 0.316. The number of thioether (sulfide) groups is 1. The second kappa shape index (κ2) is 11.3. The maximum absolute atomic E-state index is 14.1. The number of unbranched alkanes of at least 4 members (excludes halogenated alkanes) is 2. The predicted octanol–water partition coefficient (Wildman–Crippen LogP) is 2.56. The minimum atomic E-state index is -0.598. The average molecular weight is 492 g/mol. The third-order valence-electron chi connectivity index (χ3n) is 7.79. The van der Waals surface area contributed by atoms with Crippen molar-refractivity contribution in [1.29, 1.82) is 0 Å². The van der Waals surface area contributed by atoms with Gasteiger partial charge in [-0.2, -0.15) is 0 Å². The lowest BCUT2D eigenvalue weighted by Crippen LogP contribution is -2.57. The summed E-state index contributed by atoms with van der Waals surface area (Å²) in [5.41, 5.74) is 0. The maximum Gasteiger partial charge on any atom is 0.247 e. The van der Waals surface area contributed by atoms with Gasteiger partial charge in [0.1, 0.15) is 6.04 Å². The smallest absolute Gasteiger partial charge is 0.247 e. The fourth-order valence-corrected chi connectivity index (χ4v) is 8.63. The zero-order valence-electron chi connectivity index (χ0n) is 20.9. The molecule has 0 aromatic rings. The van der Waals surface area contributed by atoms with E-state index in [1.165, 1.54) is 0 Å². The van der Waals surface area contributed by atoms with Crippen LogP contribution in [-0.4, -0.2) is 93.4 Å². The topological polar surface area (TPSA) is 81.2 Å². The van der Waals surface area contributed by atoms with Crippen molar-refractivity contribution in [1.82, 2.24) is 14.7 Å². The van der Waals surface area contributed by atoms with Gasteiger partial charge in [-0.05, 0) is 31.6 Å². The Bertz CT molecular complexity index is 805. The summed E-state index contributed by atoms with van der Waals surface area (Å²) in [5.74, 6) is -0.885. The van der Waals surface area contributed by atoms with Crippen molar-refractivity contribution in [3.05, 3.63) is 25.3 Å². The fraction of sp³-hybridized carbons (Fsp3) is 0.731. The van der Waals surface area contributed by atoms with E-state index in [1.807, 2.05) is 4.90 Å². The van der Waals surface area contributed by atoms with E-state index in [2.05, 4.69) is 27.0 Å². The number of hydrogen-bond acceptors (Lipinski definition) is 5. The molecule has 34 heavy (non-hydrogen) atoms. The number of rotatable bonds is 13. The third kappa shape index (κ3) is 4.43. The van der Waals surface area contributed by atoms with Crippen molar-refractivity contribution in [3.8, 4) is 0 Å². The first kappa shape index (κ1) is 26.8. The largest absolute Gasteiger partial charge is 0.396 e. The van der Waals surface area contributed by atoms with Gasteiger partial charge in [-0.3, -0.25) is 14.4 Å². The van der Waals surface area contributed by atoms with Crippen LogP contribution in [0.2, 0.25) is 0 Å². The van der Waals surface area contributed by atoms with Crippen LogP contribution in [0.4, 0.5) is 0 Å². The van der Waals surface area contributed by atoms with Crippen molar-refractivity contribution in [2.45, 2.75) is 62.0 Å². The lowest BCUT2D eigenvalue weighted by atomic mass is 9.65. The lowest BCUT2D eigenvalue weighted by Gasteiger charge is -2.41. The summed E-state index contributed by atoms with van der Waals surface area (Å²) < 4.78 is -0.598. The number of carbonyl (C=O) groups excluding carboxylic acids is 3. The summed E-state index contributed by atoms with van der Waals surface area (Å²) in [6, 6.07) is -0.590. The summed E-state index contributed by atoms with van der Waals surface area (Å²) in [6.07, 6.45) is 7.33. The van der Waals surface area contributed by atoms with Gasteiger partial charge in [0.15, 0.2) is 0 Å². The van der Waals surface area contributed by atoms with Gasteiger partial charge in [0.2, 0.25) is 17.7 Å². The van der Waals surface area contributed by atoms with Crippen LogP contribution < -0.4 is 0 Å². The van der Waals surface area contributed by atoms with Gasteiger partial charge in [0, 0.05) is 45.1 Å². The lowest BCUT2D eigenvalue weighted by molar-refractivity contribution is -0.144. The highest BCUT2D eigenvalue weighted by Crippen LogP contribution is 2.68. The third-order valence-corrected chi connectivity index (χ3v) is 9.87. The minimum absolute atomic E-state index is 0.0261. The summed E-state index contributed by atoms with van der Waals surface area (Å²) >= 11 is 1.71. The molecule has 3 fully saturated rings. The molecular formula is C26H41N3O4S. The Hall–Kier alpha value is -1.80. The molecule has 0 aliphatic carbocycles. The van der Waals surface area contributed by atoms with Gasteiger partial charge < -0.3 is 19.8 Å². The Morgan fingerprint density at radius 3 is 2.53 bits per heavy atom. The van der Waals surface area contributed by atoms with Gasteiger partial charge >= 0.3 is 0 Å². The van der Waals surface area contributed by atoms with E-state index >= 15 is 0 Å². The molecule has 0 radical (unpaired) electrons. The molecule has 1 spiro atoms.